The second kappa shape index (κ2) is 8.94. The Bertz CT molecular complexity index is 1160. The van der Waals surface area contributed by atoms with Crippen LogP contribution in [0.25, 0.3) is 0 Å². The van der Waals surface area contributed by atoms with E-state index in [1.807, 2.05) is 21.5 Å². The van der Waals surface area contributed by atoms with Gasteiger partial charge < -0.3 is 18.9 Å². The molecule has 4 heterocycles. The molecule has 2 aromatic rings. The van der Waals surface area contributed by atoms with Crippen LogP contribution >= 0.6 is 0 Å². The minimum Gasteiger partial charge on any atom is -0.370 e. The molecule has 2 aliphatic rings. The lowest BCUT2D eigenvalue weighted by Gasteiger charge is -2.36. The summed E-state index contributed by atoms with van der Waals surface area (Å²) in [4.78, 5) is 31.6. The maximum absolute atomic E-state index is 13.5. The van der Waals surface area contributed by atoms with Gasteiger partial charge in [-0.1, -0.05) is 34.6 Å². The van der Waals surface area contributed by atoms with Crippen LogP contribution in [-0.4, -0.2) is 35.3 Å². The largest absolute Gasteiger partial charge is 0.370 e. The zero-order valence-corrected chi connectivity index (χ0v) is 22.1. The van der Waals surface area contributed by atoms with Crippen LogP contribution in [-0.2, 0) is 17.4 Å². The first-order chi connectivity index (χ1) is 15.9. The molecule has 2 aliphatic heterocycles. The lowest BCUT2D eigenvalue weighted by molar-refractivity contribution is 0.418. The Labute approximate surface area is 204 Å². The Morgan fingerprint density at radius 3 is 1.79 bits per heavy atom. The third-order valence-corrected chi connectivity index (χ3v) is 7.61. The minimum atomic E-state index is -0.358. The zero-order valence-electron chi connectivity index (χ0n) is 22.1. The molecule has 0 aliphatic carbocycles. The van der Waals surface area contributed by atoms with Crippen molar-refractivity contribution in [2.24, 2.45) is 0 Å². The van der Waals surface area contributed by atoms with Crippen molar-refractivity contribution < 1.29 is 0 Å². The highest BCUT2D eigenvalue weighted by atomic mass is 16.1. The van der Waals surface area contributed by atoms with Crippen molar-refractivity contribution in [3.8, 4) is 0 Å². The van der Waals surface area contributed by atoms with Crippen molar-refractivity contribution >= 4 is 11.4 Å². The lowest BCUT2D eigenvalue weighted by atomic mass is 9.81. The molecule has 2 fully saturated rings. The molecule has 6 heteroatoms. The summed E-state index contributed by atoms with van der Waals surface area (Å²) in [7, 11) is 0. The fraction of sp³-hybridized carbons (Fsp3) is 0.643. The summed E-state index contributed by atoms with van der Waals surface area (Å²) in [6.07, 6.45) is 7.16. The van der Waals surface area contributed by atoms with Gasteiger partial charge in [0.1, 0.15) is 0 Å². The monoisotopic (exact) mass is 466 g/mol. The molecule has 0 amide bonds. The van der Waals surface area contributed by atoms with Crippen LogP contribution in [0, 0.1) is 0 Å². The summed E-state index contributed by atoms with van der Waals surface area (Å²) < 4.78 is 3.76. The first-order valence-corrected chi connectivity index (χ1v) is 12.9. The molecule has 0 bridgehead atoms. The van der Waals surface area contributed by atoms with E-state index >= 15 is 0 Å². The summed E-state index contributed by atoms with van der Waals surface area (Å²) in [6, 6.07) is 4.29. The van der Waals surface area contributed by atoms with Gasteiger partial charge in [0.05, 0.1) is 11.4 Å². The van der Waals surface area contributed by atoms with E-state index < -0.39 is 0 Å². The smallest absolute Gasteiger partial charge is 0.254 e. The summed E-state index contributed by atoms with van der Waals surface area (Å²) in [6.45, 7) is 19.5. The van der Waals surface area contributed by atoms with E-state index in [2.05, 4.69) is 70.4 Å². The van der Waals surface area contributed by atoms with Crippen LogP contribution in [0.5, 0.6) is 0 Å². The van der Waals surface area contributed by atoms with Crippen molar-refractivity contribution in [2.75, 3.05) is 36.0 Å². The van der Waals surface area contributed by atoms with E-state index in [9.17, 15) is 9.59 Å². The third kappa shape index (κ3) is 4.69. The van der Waals surface area contributed by atoms with Crippen LogP contribution in [0.3, 0.4) is 0 Å². The highest BCUT2D eigenvalue weighted by Crippen LogP contribution is 2.31. The summed E-state index contributed by atoms with van der Waals surface area (Å²) in [5, 5.41) is 0. The zero-order chi connectivity index (χ0) is 24.8. The number of anilines is 2. The minimum absolute atomic E-state index is 0.0846. The van der Waals surface area contributed by atoms with Gasteiger partial charge >= 0.3 is 0 Å². The molecule has 2 aromatic heterocycles. The van der Waals surface area contributed by atoms with Gasteiger partial charge in [-0.3, -0.25) is 9.59 Å². The molecule has 0 atom stereocenters. The van der Waals surface area contributed by atoms with Gasteiger partial charge in [0, 0.05) is 62.3 Å². The Morgan fingerprint density at radius 1 is 0.794 bits per heavy atom. The predicted molar refractivity (Wildman–Crippen MR) is 142 cm³/mol. The molecular weight excluding hydrogens is 424 g/mol. The quantitative estimate of drug-likeness (QED) is 0.595. The Hall–Kier alpha value is -2.50. The number of pyridine rings is 2. The van der Waals surface area contributed by atoms with Crippen molar-refractivity contribution in [3.05, 3.63) is 56.4 Å². The van der Waals surface area contributed by atoms with Gasteiger partial charge in [-0.2, -0.15) is 0 Å². The average molecular weight is 467 g/mol. The van der Waals surface area contributed by atoms with Crippen LogP contribution < -0.4 is 20.9 Å². The van der Waals surface area contributed by atoms with Gasteiger partial charge in [0.2, 0.25) is 0 Å². The lowest BCUT2D eigenvalue weighted by Crippen LogP contribution is -2.41. The van der Waals surface area contributed by atoms with Crippen LogP contribution in [0.15, 0.2) is 34.1 Å². The molecule has 0 unspecified atom stereocenters. The van der Waals surface area contributed by atoms with E-state index in [-0.39, 0.29) is 28.0 Å². The van der Waals surface area contributed by atoms with Crippen LogP contribution in [0.2, 0.25) is 0 Å². The molecule has 6 nitrogen and oxygen atoms in total. The number of nitrogens with zero attached hydrogens (tertiary/aromatic N) is 4. The molecule has 0 radical (unpaired) electrons. The molecule has 0 N–H and O–H groups in total. The average Bonchev–Trinajstić information content (AvgIpc) is 2.65. The number of hydrogen-bond acceptors (Lipinski definition) is 4. The summed E-state index contributed by atoms with van der Waals surface area (Å²) in [5.41, 5.74) is 3.56. The van der Waals surface area contributed by atoms with Crippen molar-refractivity contribution in [3.63, 3.8) is 0 Å². The van der Waals surface area contributed by atoms with Crippen LogP contribution in [0.4, 0.5) is 11.4 Å². The van der Waals surface area contributed by atoms with Gasteiger partial charge in [0.25, 0.3) is 11.1 Å². The van der Waals surface area contributed by atoms with E-state index in [1.165, 1.54) is 12.8 Å². The summed E-state index contributed by atoms with van der Waals surface area (Å²) in [5.74, 6) is 0. The first-order valence-electron chi connectivity index (χ1n) is 12.9. The first kappa shape index (κ1) is 24.6. The fourth-order valence-corrected chi connectivity index (χ4v) is 4.81. The highest BCUT2D eigenvalue weighted by Gasteiger charge is 2.29. The third-order valence-electron chi connectivity index (χ3n) is 7.61. The van der Waals surface area contributed by atoms with Crippen molar-refractivity contribution in [2.45, 2.75) is 91.1 Å². The molecule has 2 saturated heterocycles. The van der Waals surface area contributed by atoms with Crippen molar-refractivity contribution in [1.29, 1.82) is 0 Å². The molecule has 0 saturated carbocycles. The van der Waals surface area contributed by atoms with Crippen LogP contribution in [0.1, 0.15) is 84.9 Å². The molecular formula is C28H42N4O2. The van der Waals surface area contributed by atoms with E-state index in [4.69, 9.17) is 0 Å². The van der Waals surface area contributed by atoms with E-state index in [0.29, 0.717) is 6.54 Å². The second-order valence-corrected chi connectivity index (χ2v) is 12.1. The Kier molecular flexibility index (Phi) is 6.47. The van der Waals surface area contributed by atoms with E-state index in [1.54, 1.807) is 0 Å². The highest BCUT2D eigenvalue weighted by molar-refractivity contribution is 5.51. The Morgan fingerprint density at radius 2 is 1.32 bits per heavy atom. The topological polar surface area (TPSA) is 50.5 Å². The van der Waals surface area contributed by atoms with Gasteiger partial charge in [-0.25, -0.2) is 0 Å². The summed E-state index contributed by atoms with van der Waals surface area (Å²) >= 11 is 0. The number of aromatic nitrogens is 2. The van der Waals surface area contributed by atoms with Gasteiger partial charge in [0.15, 0.2) is 0 Å². The maximum Gasteiger partial charge on any atom is 0.254 e. The molecule has 34 heavy (non-hydrogen) atoms. The normalized spacial score (nSPS) is 16.6. The van der Waals surface area contributed by atoms with Crippen molar-refractivity contribution in [1.82, 2.24) is 9.13 Å². The predicted octanol–water partition coefficient (Wildman–Crippen LogP) is 4.68. The number of aryl methyl sites for hydroxylation is 1. The number of rotatable bonds is 7. The SMILES string of the molecule is CC(C)n1cc(N2CCC2)cc(C(C)(C)CCn2cc(N3CCC3)cc(C(C)(C)C)c2=O)c1=O. The second-order valence-electron chi connectivity index (χ2n) is 12.1. The molecule has 0 aromatic carbocycles. The van der Waals surface area contributed by atoms with E-state index in [0.717, 1.165) is 55.1 Å². The standard InChI is InChI=1S/C28H42N4O2/c1-20(2)32-19-22(30-13-9-14-30)17-24(26(32)34)28(6,7)10-15-31-18-21(29-11-8-12-29)16-23(25(31)33)27(3,4)5/h16-20H,8-15H2,1-7H3. The molecule has 186 valence electrons. The fourth-order valence-electron chi connectivity index (χ4n) is 4.81. The molecule has 0 spiro atoms. The maximum atomic E-state index is 13.5. The van der Waals surface area contributed by atoms with Gasteiger partial charge in [-0.15, -0.1) is 0 Å². The molecule has 4 rings (SSSR count). The number of hydrogen-bond donors (Lipinski definition) is 0. The van der Waals surface area contributed by atoms with Gasteiger partial charge in [-0.05, 0) is 56.1 Å². The Balaban J connectivity index is 1.68.